The maximum absolute atomic E-state index is 12.2. The summed E-state index contributed by atoms with van der Waals surface area (Å²) in [5, 5.41) is 16.1. The quantitative estimate of drug-likeness (QED) is 0.388. The number of nitrogens with zero attached hydrogens (tertiary/aromatic N) is 1. The highest BCUT2D eigenvalue weighted by Gasteiger charge is 2.26. The fraction of sp³-hybridized carbons (Fsp3) is 0.550. The molecule has 2 N–H and O–H groups in total. The summed E-state index contributed by atoms with van der Waals surface area (Å²) in [6, 6.07) is 5.25. The number of nitrogens with one attached hydrogen (secondary N) is 2. The number of benzene rings is 1. The minimum atomic E-state index is -0.901. The van der Waals surface area contributed by atoms with Crippen molar-refractivity contribution in [2.24, 2.45) is 5.92 Å². The maximum atomic E-state index is 12.2. The van der Waals surface area contributed by atoms with Crippen molar-refractivity contribution >= 4 is 23.5 Å². The minimum Gasteiger partial charge on any atom is -0.452 e. The molecule has 9 heteroatoms. The van der Waals surface area contributed by atoms with Crippen LogP contribution in [0.3, 0.4) is 0 Å². The Bertz CT molecular complexity index is 749. The van der Waals surface area contributed by atoms with Gasteiger partial charge in [0.25, 0.3) is 17.5 Å². The van der Waals surface area contributed by atoms with E-state index in [0.717, 1.165) is 19.3 Å². The molecule has 158 valence electrons. The van der Waals surface area contributed by atoms with Crippen LogP contribution in [0.1, 0.15) is 56.3 Å². The molecule has 1 fully saturated rings. The van der Waals surface area contributed by atoms with Crippen LogP contribution in [0.5, 0.6) is 0 Å². The molecule has 0 spiro atoms. The van der Waals surface area contributed by atoms with Gasteiger partial charge < -0.3 is 15.4 Å². The van der Waals surface area contributed by atoms with Crippen molar-refractivity contribution in [3.8, 4) is 0 Å². The van der Waals surface area contributed by atoms with Crippen LogP contribution in [-0.2, 0) is 14.3 Å². The topological polar surface area (TPSA) is 128 Å². The molecule has 2 amide bonds. The lowest BCUT2D eigenvalue weighted by Gasteiger charge is -2.30. The highest BCUT2D eigenvalue weighted by atomic mass is 16.6. The van der Waals surface area contributed by atoms with Gasteiger partial charge in [-0.25, -0.2) is 0 Å². The molecule has 0 radical (unpaired) electrons. The first-order valence-corrected chi connectivity index (χ1v) is 9.80. The summed E-state index contributed by atoms with van der Waals surface area (Å²) in [6.45, 7) is 3.66. The van der Waals surface area contributed by atoms with Gasteiger partial charge in [0.2, 0.25) is 0 Å². The fourth-order valence-electron chi connectivity index (χ4n) is 3.26. The van der Waals surface area contributed by atoms with Crippen LogP contribution in [0.25, 0.3) is 0 Å². The number of carbonyl (C=O) groups excluding carboxylic acids is 3. The van der Waals surface area contributed by atoms with Gasteiger partial charge in [0, 0.05) is 30.3 Å². The zero-order chi connectivity index (χ0) is 21.4. The monoisotopic (exact) mass is 405 g/mol. The molecule has 0 bridgehead atoms. The second-order valence-corrected chi connectivity index (χ2v) is 7.32. The molecule has 29 heavy (non-hydrogen) atoms. The number of nitro benzene ring substituents is 1. The molecule has 0 heterocycles. The summed E-state index contributed by atoms with van der Waals surface area (Å²) in [5.41, 5.74) is 0.137. The van der Waals surface area contributed by atoms with Crippen molar-refractivity contribution < 1.29 is 24.0 Å². The highest BCUT2D eigenvalue weighted by Crippen LogP contribution is 2.23. The van der Waals surface area contributed by atoms with Crippen molar-refractivity contribution in [3.05, 3.63) is 39.9 Å². The van der Waals surface area contributed by atoms with Crippen molar-refractivity contribution in [3.63, 3.8) is 0 Å². The number of hydrogen-bond donors (Lipinski definition) is 2. The van der Waals surface area contributed by atoms with Crippen LogP contribution < -0.4 is 10.6 Å². The Kier molecular flexibility index (Phi) is 8.11. The first-order valence-electron chi connectivity index (χ1n) is 9.80. The number of rotatable bonds is 8. The molecule has 1 aromatic carbocycles. The van der Waals surface area contributed by atoms with E-state index in [0.29, 0.717) is 5.92 Å². The van der Waals surface area contributed by atoms with Crippen LogP contribution in [0.4, 0.5) is 5.69 Å². The van der Waals surface area contributed by atoms with Crippen molar-refractivity contribution in [1.29, 1.82) is 0 Å². The van der Waals surface area contributed by atoms with Gasteiger partial charge in [0.05, 0.1) is 11.3 Å². The second-order valence-electron chi connectivity index (χ2n) is 7.32. The average Bonchev–Trinajstić information content (AvgIpc) is 2.69. The minimum absolute atomic E-state index is 0.0304. The van der Waals surface area contributed by atoms with Gasteiger partial charge in [-0.15, -0.1) is 0 Å². The van der Waals surface area contributed by atoms with Gasteiger partial charge in [0.1, 0.15) is 0 Å². The SMILES string of the molecule is C[C@@H](OC(=O)CCNC(=O)c1ccc([N+](=O)[O-])cc1)C(=O)N[C@H]1CCCC[C@@H]1C. The first-order chi connectivity index (χ1) is 13.8. The standard InChI is InChI=1S/C20H27N3O6/c1-13-5-3-4-6-17(13)22-19(25)14(2)29-18(24)11-12-21-20(26)15-7-9-16(10-8-15)23(27)28/h7-10,13-14,17H,3-6,11-12H2,1-2H3,(H,21,26)(H,22,25)/t13-,14+,17-/m0/s1. The summed E-state index contributed by atoms with van der Waals surface area (Å²) < 4.78 is 5.14. The molecular weight excluding hydrogens is 378 g/mol. The normalized spacial score (nSPS) is 19.7. The van der Waals surface area contributed by atoms with Crippen LogP contribution in [0, 0.1) is 16.0 Å². The van der Waals surface area contributed by atoms with E-state index in [2.05, 4.69) is 17.6 Å². The van der Waals surface area contributed by atoms with Gasteiger partial charge in [0.15, 0.2) is 6.10 Å². The van der Waals surface area contributed by atoms with Gasteiger partial charge in [-0.3, -0.25) is 24.5 Å². The van der Waals surface area contributed by atoms with Gasteiger partial charge in [-0.1, -0.05) is 19.8 Å². The summed E-state index contributed by atoms with van der Waals surface area (Å²) in [6.07, 6.45) is 3.27. The number of amides is 2. The van der Waals surface area contributed by atoms with Crippen LogP contribution in [-0.4, -0.2) is 41.4 Å². The molecule has 3 atom stereocenters. The van der Waals surface area contributed by atoms with E-state index < -0.39 is 22.9 Å². The Morgan fingerprint density at radius 3 is 2.48 bits per heavy atom. The van der Waals surface area contributed by atoms with E-state index in [1.54, 1.807) is 0 Å². The molecule has 1 saturated carbocycles. The summed E-state index contributed by atoms with van der Waals surface area (Å²) in [4.78, 5) is 46.2. The van der Waals surface area contributed by atoms with Gasteiger partial charge >= 0.3 is 5.97 Å². The van der Waals surface area contributed by atoms with E-state index >= 15 is 0 Å². The van der Waals surface area contributed by atoms with Crippen LogP contribution in [0.2, 0.25) is 0 Å². The van der Waals surface area contributed by atoms with E-state index in [-0.39, 0.29) is 36.2 Å². The third-order valence-electron chi connectivity index (χ3n) is 5.07. The maximum Gasteiger partial charge on any atom is 0.308 e. The number of hydrogen-bond acceptors (Lipinski definition) is 6. The molecule has 0 unspecified atom stereocenters. The molecule has 0 aliphatic heterocycles. The van der Waals surface area contributed by atoms with E-state index in [4.69, 9.17) is 4.74 Å². The Morgan fingerprint density at radius 2 is 1.86 bits per heavy atom. The lowest BCUT2D eigenvalue weighted by atomic mass is 9.86. The van der Waals surface area contributed by atoms with Gasteiger partial charge in [-0.2, -0.15) is 0 Å². The molecule has 9 nitrogen and oxygen atoms in total. The Morgan fingerprint density at radius 1 is 1.21 bits per heavy atom. The van der Waals surface area contributed by atoms with E-state index in [1.807, 2.05) is 0 Å². The largest absolute Gasteiger partial charge is 0.452 e. The Labute approximate surface area is 169 Å². The van der Waals surface area contributed by atoms with Crippen LogP contribution in [0.15, 0.2) is 24.3 Å². The molecule has 0 saturated heterocycles. The predicted octanol–water partition coefficient (Wildman–Crippen LogP) is 2.34. The Balaban J connectivity index is 1.70. The number of non-ortho nitro benzene ring substituents is 1. The zero-order valence-electron chi connectivity index (χ0n) is 16.7. The summed E-state index contributed by atoms with van der Waals surface area (Å²) in [5.74, 6) is -0.949. The molecular formula is C20H27N3O6. The second kappa shape index (κ2) is 10.5. The van der Waals surface area contributed by atoms with E-state index in [9.17, 15) is 24.5 Å². The Hall–Kier alpha value is -2.97. The zero-order valence-corrected chi connectivity index (χ0v) is 16.7. The van der Waals surface area contributed by atoms with Crippen molar-refractivity contribution in [2.45, 2.75) is 58.1 Å². The number of ether oxygens (including phenoxy) is 1. The molecule has 0 aromatic heterocycles. The lowest BCUT2D eigenvalue weighted by Crippen LogP contribution is -2.46. The van der Waals surface area contributed by atoms with Crippen molar-refractivity contribution in [2.75, 3.05) is 6.54 Å². The lowest BCUT2D eigenvalue weighted by molar-refractivity contribution is -0.384. The molecule has 2 rings (SSSR count). The molecule has 1 aromatic rings. The predicted molar refractivity (Wildman–Crippen MR) is 105 cm³/mol. The summed E-state index contributed by atoms with van der Waals surface area (Å²) in [7, 11) is 0. The third-order valence-corrected chi connectivity index (χ3v) is 5.07. The highest BCUT2D eigenvalue weighted by molar-refractivity contribution is 5.94. The fourth-order valence-corrected chi connectivity index (χ4v) is 3.26. The third kappa shape index (κ3) is 6.85. The van der Waals surface area contributed by atoms with Gasteiger partial charge in [-0.05, 0) is 37.8 Å². The smallest absolute Gasteiger partial charge is 0.308 e. The van der Waals surface area contributed by atoms with E-state index in [1.165, 1.54) is 37.6 Å². The number of nitro groups is 1. The first kappa shape index (κ1) is 22.3. The summed E-state index contributed by atoms with van der Waals surface area (Å²) >= 11 is 0. The number of carbonyl (C=O) groups is 3. The van der Waals surface area contributed by atoms with Crippen LogP contribution >= 0.6 is 0 Å². The van der Waals surface area contributed by atoms with Crippen molar-refractivity contribution in [1.82, 2.24) is 10.6 Å². The average molecular weight is 405 g/mol. The molecule has 1 aliphatic carbocycles. The number of esters is 1. The molecule has 1 aliphatic rings.